The second-order valence-corrected chi connectivity index (χ2v) is 6.11. The highest BCUT2D eigenvalue weighted by atomic mass is 19.1. The fraction of sp³-hybridized carbons (Fsp3) is 0.333. The molecule has 2 heterocycles. The Morgan fingerprint density at radius 2 is 1.80 bits per heavy atom. The van der Waals surface area contributed by atoms with Crippen molar-refractivity contribution in [3.05, 3.63) is 48.0 Å². The van der Waals surface area contributed by atoms with Gasteiger partial charge in [0.05, 0.1) is 5.41 Å². The molecule has 0 unspecified atom stereocenters. The molecule has 0 bridgehead atoms. The Morgan fingerprint density at radius 1 is 1.12 bits per heavy atom. The van der Waals surface area contributed by atoms with Gasteiger partial charge in [0.25, 0.3) is 5.91 Å². The predicted octanol–water partition coefficient (Wildman–Crippen LogP) is 2.10. The van der Waals surface area contributed by atoms with E-state index < -0.39 is 17.2 Å². The van der Waals surface area contributed by atoms with Gasteiger partial charge in [0.2, 0.25) is 5.91 Å². The minimum atomic E-state index is -0.791. The number of hydrogen-bond donors (Lipinski definition) is 2. The van der Waals surface area contributed by atoms with Crippen LogP contribution in [-0.4, -0.2) is 31.6 Å². The van der Waals surface area contributed by atoms with Gasteiger partial charge < -0.3 is 20.2 Å². The van der Waals surface area contributed by atoms with Crippen molar-refractivity contribution in [2.75, 3.05) is 19.8 Å². The lowest BCUT2D eigenvalue weighted by atomic mass is 9.79. The first-order chi connectivity index (χ1) is 12.0. The van der Waals surface area contributed by atoms with Gasteiger partial charge in [-0.25, -0.2) is 4.39 Å². The quantitative estimate of drug-likeness (QED) is 0.867. The van der Waals surface area contributed by atoms with Crippen molar-refractivity contribution in [3.63, 3.8) is 0 Å². The van der Waals surface area contributed by atoms with Crippen LogP contribution in [0.4, 0.5) is 4.39 Å². The second kappa shape index (κ2) is 7.06. The number of carbonyl (C=O) groups is 2. The van der Waals surface area contributed by atoms with Gasteiger partial charge in [-0.2, -0.15) is 0 Å². The molecule has 25 heavy (non-hydrogen) atoms. The average Bonchev–Trinajstić information content (AvgIpc) is 3.11. The molecular weight excluding hydrogens is 327 g/mol. The molecule has 0 aliphatic carbocycles. The van der Waals surface area contributed by atoms with Crippen LogP contribution in [0.1, 0.15) is 23.4 Å². The number of halogens is 1. The van der Waals surface area contributed by atoms with E-state index in [0.29, 0.717) is 37.4 Å². The average molecular weight is 346 g/mol. The number of ether oxygens (including phenoxy) is 1. The molecule has 1 aromatic carbocycles. The maximum Gasteiger partial charge on any atom is 0.287 e. The Balaban J connectivity index is 1.67. The third-order valence-electron chi connectivity index (χ3n) is 4.52. The fourth-order valence-corrected chi connectivity index (χ4v) is 2.84. The topological polar surface area (TPSA) is 94.6 Å². The van der Waals surface area contributed by atoms with Crippen LogP contribution < -0.4 is 11.1 Å². The molecule has 0 atom stereocenters. The SMILES string of the molecule is NC(=O)C1(CNC(=O)c2ccc(-c3ccc(F)cc3)o2)CCOCC1. The minimum absolute atomic E-state index is 0.117. The van der Waals surface area contributed by atoms with E-state index in [1.54, 1.807) is 18.2 Å². The summed E-state index contributed by atoms with van der Waals surface area (Å²) >= 11 is 0. The molecule has 1 aliphatic heterocycles. The zero-order valence-corrected chi connectivity index (χ0v) is 13.6. The van der Waals surface area contributed by atoms with Gasteiger partial charge >= 0.3 is 0 Å². The third-order valence-corrected chi connectivity index (χ3v) is 4.52. The number of amides is 2. The molecule has 0 radical (unpaired) electrons. The molecule has 1 fully saturated rings. The van der Waals surface area contributed by atoms with Gasteiger partial charge in [0, 0.05) is 25.3 Å². The highest BCUT2D eigenvalue weighted by Crippen LogP contribution is 2.29. The maximum absolute atomic E-state index is 13.0. The van der Waals surface area contributed by atoms with Crippen LogP contribution in [0.2, 0.25) is 0 Å². The van der Waals surface area contributed by atoms with Gasteiger partial charge in [0.1, 0.15) is 11.6 Å². The van der Waals surface area contributed by atoms with E-state index in [1.807, 2.05) is 0 Å². The summed E-state index contributed by atoms with van der Waals surface area (Å²) in [5, 5.41) is 2.72. The number of hydrogen-bond acceptors (Lipinski definition) is 4. The fourth-order valence-electron chi connectivity index (χ4n) is 2.84. The van der Waals surface area contributed by atoms with E-state index in [1.165, 1.54) is 18.2 Å². The van der Waals surface area contributed by atoms with E-state index in [4.69, 9.17) is 14.9 Å². The number of carbonyl (C=O) groups excluding carboxylic acids is 2. The number of rotatable bonds is 5. The maximum atomic E-state index is 13.0. The predicted molar refractivity (Wildman–Crippen MR) is 88.1 cm³/mol. The summed E-state index contributed by atoms with van der Waals surface area (Å²) in [4.78, 5) is 24.1. The Morgan fingerprint density at radius 3 is 2.44 bits per heavy atom. The molecule has 6 nitrogen and oxygen atoms in total. The molecule has 1 saturated heterocycles. The largest absolute Gasteiger partial charge is 0.451 e. The normalized spacial score (nSPS) is 16.4. The lowest BCUT2D eigenvalue weighted by Gasteiger charge is -2.34. The van der Waals surface area contributed by atoms with Crippen molar-refractivity contribution in [1.29, 1.82) is 0 Å². The van der Waals surface area contributed by atoms with E-state index in [-0.39, 0.29) is 18.1 Å². The number of primary amides is 1. The van der Waals surface area contributed by atoms with Crippen molar-refractivity contribution >= 4 is 11.8 Å². The molecular formula is C18H19FN2O4. The lowest BCUT2D eigenvalue weighted by Crippen LogP contribution is -2.49. The van der Waals surface area contributed by atoms with Crippen LogP contribution in [0, 0.1) is 11.2 Å². The van der Waals surface area contributed by atoms with Gasteiger partial charge in [0.15, 0.2) is 5.76 Å². The van der Waals surface area contributed by atoms with Crippen molar-refractivity contribution in [3.8, 4) is 11.3 Å². The molecule has 2 amide bonds. The number of furan rings is 1. The molecule has 7 heteroatoms. The first kappa shape index (κ1) is 17.2. The molecule has 1 aromatic heterocycles. The van der Waals surface area contributed by atoms with E-state index >= 15 is 0 Å². The number of nitrogens with one attached hydrogen (secondary N) is 1. The molecule has 3 N–H and O–H groups in total. The molecule has 0 saturated carbocycles. The molecule has 1 aliphatic rings. The standard InChI is InChI=1S/C18H19FN2O4/c19-13-3-1-12(2-4-13)14-5-6-15(25-14)16(22)21-11-18(17(20)23)7-9-24-10-8-18/h1-6H,7-11H2,(H2,20,23)(H,21,22). The van der Waals surface area contributed by atoms with Crippen molar-refractivity contribution in [1.82, 2.24) is 5.32 Å². The Kier molecular flexibility index (Phi) is 4.85. The van der Waals surface area contributed by atoms with Crippen LogP contribution in [0.5, 0.6) is 0 Å². The monoisotopic (exact) mass is 346 g/mol. The summed E-state index contributed by atoms with van der Waals surface area (Å²) in [6.45, 7) is 1.01. The van der Waals surface area contributed by atoms with Crippen LogP contribution >= 0.6 is 0 Å². The Bertz CT molecular complexity index is 764. The highest BCUT2D eigenvalue weighted by Gasteiger charge is 2.38. The van der Waals surface area contributed by atoms with Crippen LogP contribution in [0.3, 0.4) is 0 Å². The minimum Gasteiger partial charge on any atom is -0.451 e. The second-order valence-electron chi connectivity index (χ2n) is 6.11. The first-order valence-electron chi connectivity index (χ1n) is 8.02. The highest BCUT2D eigenvalue weighted by molar-refractivity contribution is 5.92. The molecule has 132 valence electrons. The smallest absolute Gasteiger partial charge is 0.287 e. The summed E-state index contributed by atoms with van der Waals surface area (Å²) in [6, 6.07) is 8.95. The zero-order valence-electron chi connectivity index (χ0n) is 13.6. The van der Waals surface area contributed by atoms with E-state index in [9.17, 15) is 14.0 Å². The van der Waals surface area contributed by atoms with Gasteiger partial charge in [-0.05, 0) is 49.2 Å². The van der Waals surface area contributed by atoms with Crippen LogP contribution in [0.25, 0.3) is 11.3 Å². The summed E-state index contributed by atoms with van der Waals surface area (Å²) in [6.07, 6.45) is 0.948. The molecule has 2 aromatic rings. The van der Waals surface area contributed by atoms with Crippen molar-refractivity contribution in [2.24, 2.45) is 11.1 Å². The third kappa shape index (κ3) is 3.71. The van der Waals surface area contributed by atoms with Gasteiger partial charge in [-0.15, -0.1) is 0 Å². The van der Waals surface area contributed by atoms with E-state index in [2.05, 4.69) is 5.32 Å². The first-order valence-corrected chi connectivity index (χ1v) is 8.02. The van der Waals surface area contributed by atoms with Crippen LogP contribution in [0.15, 0.2) is 40.8 Å². The van der Waals surface area contributed by atoms with Gasteiger partial charge in [-0.3, -0.25) is 9.59 Å². The molecule has 3 rings (SSSR count). The Hall–Kier alpha value is -2.67. The van der Waals surface area contributed by atoms with Crippen molar-refractivity contribution < 1.29 is 23.1 Å². The Labute approximate surface area is 144 Å². The summed E-state index contributed by atoms with van der Waals surface area (Å²) < 4.78 is 23.8. The van der Waals surface area contributed by atoms with Crippen LogP contribution in [-0.2, 0) is 9.53 Å². The summed E-state index contributed by atoms with van der Waals surface area (Å²) in [7, 11) is 0. The van der Waals surface area contributed by atoms with Crippen molar-refractivity contribution in [2.45, 2.75) is 12.8 Å². The lowest BCUT2D eigenvalue weighted by molar-refractivity contribution is -0.132. The number of benzene rings is 1. The number of nitrogens with two attached hydrogens (primary N) is 1. The van der Waals surface area contributed by atoms with Gasteiger partial charge in [-0.1, -0.05) is 0 Å². The zero-order chi connectivity index (χ0) is 17.9. The summed E-state index contributed by atoms with van der Waals surface area (Å²) in [5.74, 6) is -0.642. The molecule has 0 spiro atoms. The summed E-state index contributed by atoms with van der Waals surface area (Å²) in [5.41, 5.74) is 5.39. The van der Waals surface area contributed by atoms with E-state index in [0.717, 1.165) is 0 Å².